The second-order valence-corrected chi connectivity index (χ2v) is 7.09. The number of benzene rings is 1. The molecule has 2 unspecified atom stereocenters. The van der Waals surface area contributed by atoms with E-state index in [1.165, 1.54) is 7.11 Å². The van der Waals surface area contributed by atoms with Crippen molar-refractivity contribution in [3.8, 4) is 0 Å². The van der Waals surface area contributed by atoms with Crippen LogP contribution in [-0.2, 0) is 25.7 Å². The van der Waals surface area contributed by atoms with Gasteiger partial charge in [-0.1, -0.05) is 44.2 Å². The Balaban J connectivity index is 2.96. The fraction of sp³-hybridized carbons (Fsp3) is 0.562. The Kier molecular flexibility index (Phi) is 8.84. The van der Waals surface area contributed by atoms with Gasteiger partial charge in [-0.3, -0.25) is 4.55 Å². The molecule has 0 aromatic heterocycles. The maximum atomic E-state index is 11.6. The highest BCUT2D eigenvalue weighted by atomic mass is 32.3. The van der Waals surface area contributed by atoms with Gasteiger partial charge in [-0.2, -0.15) is 8.42 Å². The SMILES string of the molecule is COC(=O)NC(Cc1ccccc1)C(CNCC(C)C)OS(=O)(=O)O. The fourth-order valence-electron chi connectivity index (χ4n) is 2.27. The molecule has 0 aliphatic heterocycles. The number of rotatable bonds is 10. The Labute approximate surface area is 148 Å². The van der Waals surface area contributed by atoms with Crippen molar-refractivity contribution in [2.24, 2.45) is 5.92 Å². The van der Waals surface area contributed by atoms with Crippen molar-refractivity contribution < 1.29 is 26.7 Å². The van der Waals surface area contributed by atoms with Crippen LogP contribution in [0.1, 0.15) is 19.4 Å². The van der Waals surface area contributed by atoms with Crippen molar-refractivity contribution in [2.45, 2.75) is 32.4 Å². The zero-order valence-corrected chi connectivity index (χ0v) is 15.5. The largest absolute Gasteiger partial charge is 0.453 e. The molecule has 1 aromatic carbocycles. The van der Waals surface area contributed by atoms with Crippen LogP contribution >= 0.6 is 0 Å². The van der Waals surface area contributed by atoms with E-state index in [4.69, 9.17) is 8.74 Å². The van der Waals surface area contributed by atoms with E-state index in [-0.39, 0.29) is 6.54 Å². The van der Waals surface area contributed by atoms with Gasteiger partial charge in [0.1, 0.15) is 6.10 Å². The van der Waals surface area contributed by atoms with Crippen LogP contribution in [0.15, 0.2) is 30.3 Å². The molecule has 0 bridgehead atoms. The van der Waals surface area contributed by atoms with Crippen molar-refractivity contribution in [1.82, 2.24) is 10.6 Å². The molecule has 0 saturated carbocycles. The molecule has 2 atom stereocenters. The lowest BCUT2D eigenvalue weighted by atomic mass is 10.0. The van der Waals surface area contributed by atoms with Gasteiger partial charge < -0.3 is 15.4 Å². The van der Waals surface area contributed by atoms with E-state index >= 15 is 0 Å². The number of carbonyl (C=O) groups excluding carboxylic acids is 1. The minimum atomic E-state index is -4.69. The number of ether oxygens (including phenoxy) is 1. The molecule has 0 aliphatic carbocycles. The van der Waals surface area contributed by atoms with E-state index in [9.17, 15) is 13.2 Å². The highest BCUT2D eigenvalue weighted by molar-refractivity contribution is 7.80. The molecule has 1 amide bonds. The van der Waals surface area contributed by atoms with E-state index in [2.05, 4.69) is 15.4 Å². The smallest absolute Gasteiger partial charge is 0.407 e. The fourth-order valence-corrected chi connectivity index (χ4v) is 2.78. The standard InChI is InChI=1S/C16H26N2O6S/c1-12(2)10-17-11-15(24-25(20,21)22)14(18-16(19)23-3)9-13-7-5-4-6-8-13/h4-8,12,14-15,17H,9-11H2,1-3H3,(H,18,19)(H,20,21,22). The third kappa shape index (κ3) is 9.40. The van der Waals surface area contributed by atoms with Crippen LogP contribution in [0.2, 0.25) is 0 Å². The summed E-state index contributed by atoms with van der Waals surface area (Å²) in [7, 11) is -3.47. The highest BCUT2D eigenvalue weighted by Crippen LogP contribution is 2.11. The summed E-state index contributed by atoms with van der Waals surface area (Å²) < 4.78 is 40.9. The van der Waals surface area contributed by atoms with Gasteiger partial charge in [0.15, 0.2) is 0 Å². The van der Waals surface area contributed by atoms with Gasteiger partial charge in [-0.05, 0) is 24.4 Å². The van der Waals surface area contributed by atoms with Crippen LogP contribution in [0.4, 0.5) is 4.79 Å². The molecule has 0 spiro atoms. The van der Waals surface area contributed by atoms with E-state index < -0.39 is 28.6 Å². The van der Waals surface area contributed by atoms with Gasteiger partial charge in [0.05, 0.1) is 13.2 Å². The summed E-state index contributed by atoms with van der Waals surface area (Å²) in [5, 5.41) is 5.65. The van der Waals surface area contributed by atoms with Crippen molar-refractivity contribution in [3.63, 3.8) is 0 Å². The Morgan fingerprint density at radius 3 is 2.36 bits per heavy atom. The molecule has 1 rings (SSSR count). The Hall–Kier alpha value is -1.68. The summed E-state index contributed by atoms with van der Waals surface area (Å²) in [4.78, 5) is 11.6. The second-order valence-electron chi connectivity index (χ2n) is 6.05. The monoisotopic (exact) mass is 374 g/mol. The maximum absolute atomic E-state index is 11.6. The van der Waals surface area contributed by atoms with Gasteiger partial charge in [-0.25, -0.2) is 8.98 Å². The number of hydrogen-bond acceptors (Lipinski definition) is 6. The van der Waals surface area contributed by atoms with Gasteiger partial charge in [-0.15, -0.1) is 0 Å². The van der Waals surface area contributed by atoms with Crippen LogP contribution in [0.25, 0.3) is 0 Å². The molecule has 3 N–H and O–H groups in total. The molecule has 0 saturated heterocycles. The number of nitrogens with one attached hydrogen (secondary N) is 2. The molecule has 9 heteroatoms. The predicted molar refractivity (Wildman–Crippen MR) is 93.6 cm³/mol. The quantitative estimate of drug-likeness (QED) is 0.530. The van der Waals surface area contributed by atoms with E-state index in [1.807, 2.05) is 44.2 Å². The molecule has 142 valence electrons. The first-order valence-electron chi connectivity index (χ1n) is 7.96. The van der Waals surface area contributed by atoms with Crippen LogP contribution < -0.4 is 10.6 Å². The highest BCUT2D eigenvalue weighted by Gasteiger charge is 2.29. The van der Waals surface area contributed by atoms with E-state index in [1.54, 1.807) is 0 Å². The topological polar surface area (TPSA) is 114 Å². The van der Waals surface area contributed by atoms with Crippen LogP contribution in [0, 0.1) is 5.92 Å². The molecule has 0 radical (unpaired) electrons. The normalized spacial score (nSPS) is 14.1. The maximum Gasteiger partial charge on any atom is 0.407 e. The van der Waals surface area contributed by atoms with Crippen LogP contribution in [0.3, 0.4) is 0 Å². The lowest BCUT2D eigenvalue weighted by Crippen LogP contribution is -2.51. The van der Waals surface area contributed by atoms with Crippen molar-refractivity contribution in [2.75, 3.05) is 20.2 Å². The summed E-state index contributed by atoms with van der Waals surface area (Å²) in [6.07, 6.45) is -1.42. The number of methoxy groups -OCH3 is 1. The third-order valence-corrected chi connectivity index (χ3v) is 3.87. The zero-order valence-electron chi connectivity index (χ0n) is 14.6. The summed E-state index contributed by atoms with van der Waals surface area (Å²) in [5.41, 5.74) is 0.872. The van der Waals surface area contributed by atoms with Gasteiger partial charge in [0.25, 0.3) is 0 Å². The molecule has 0 fully saturated rings. The molecular weight excluding hydrogens is 348 g/mol. The minimum absolute atomic E-state index is 0.124. The first kappa shape index (κ1) is 21.4. The molecule has 0 aliphatic rings. The van der Waals surface area contributed by atoms with E-state index in [0.717, 1.165) is 5.56 Å². The van der Waals surface area contributed by atoms with Gasteiger partial charge in [0.2, 0.25) is 0 Å². The summed E-state index contributed by atoms with van der Waals surface area (Å²) in [6, 6.07) is 8.48. The van der Waals surface area contributed by atoms with Crippen molar-refractivity contribution in [1.29, 1.82) is 0 Å². The number of amides is 1. The number of carbonyl (C=O) groups is 1. The third-order valence-electron chi connectivity index (χ3n) is 3.38. The van der Waals surface area contributed by atoms with Crippen LogP contribution in [0.5, 0.6) is 0 Å². The predicted octanol–water partition coefficient (Wildman–Crippen LogP) is 1.39. The summed E-state index contributed by atoms with van der Waals surface area (Å²) in [5.74, 6) is 0.340. The lowest BCUT2D eigenvalue weighted by Gasteiger charge is -2.27. The first-order chi connectivity index (χ1) is 11.7. The molecule has 8 nitrogen and oxygen atoms in total. The number of hydrogen-bond donors (Lipinski definition) is 3. The van der Waals surface area contributed by atoms with Crippen molar-refractivity contribution in [3.05, 3.63) is 35.9 Å². The van der Waals surface area contributed by atoms with E-state index in [0.29, 0.717) is 18.9 Å². The minimum Gasteiger partial charge on any atom is -0.453 e. The Bertz CT molecular complexity index is 621. The second kappa shape index (κ2) is 10.3. The van der Waals surface area contributed by atoms with Crippen molar-refractivity contribution >= 4 is 16.5 Å². The molecule has 25 heavy (non-hydrogen) atoms. The summed E-state index contributed by atoms with van der Waals surface area (Å²) in [6.45, 7) is 4.75. The van der Waals surface area contributed by atoms with Gasteiger partial charge in [0, 0.05) is 6.54 Å². The lowest BCUT2D eigenvalue weighted by molar-refractivity contribution is 0.120. The molecular formula is C16H26N2O6S. The first-order valence-corrected chi connectivity index (χ1v) is 9.32. The molecule has 1 aromatic rings. The number of alkyl carbamates (subject to hydrolysis) is 1. The van der Waals surface area contributed by atoms with Gasteiger partial charge >= 0.3 is 16.5 Å². The average molecular weight is 374 g/mol. The molecule has 0 heterocycles. The average Bonchev–Trinajstić information content (AvgIpc) is 2.52. The van der Waals surface area contributed by atoms with Crippen LogP contribution in [-0.4, -0.2) is 51.4 Å². The Morgan fingerprint density at radius 1 is 1.20 bits per heavy atom. The summed E-state index contributed by atoms with van der Waals surface area (Å²) >= 11 is 0. The zero-order chi connectivity index (χ0) is 18.9. The Morgan fingerprint density at radius 2 is 1.84 bits per heavy atom.